The summed E-state index contributed by atoms with van der Waals surface area (Å²) < 4.78 is 0. The van der Waals surface area contributed by atoms with Crippen LogP contribution in [0.25, 0.3) is 0 Å². The van der Waals surface area contributed by atoms with Crippen LogP contribution in [0.3, 0.4) is 0 Å². The number of nitrogens with zero attached hydrogens (tertiary/aromatic N) is 4. The molecule has 3 aliphatic heterocycles. The highest BCUT2D eigenvalue weighted by molar-refractivity contribution is 5.85. The minimum Gasteiger partial charge on any atom is -0.340 e. The zero-order valence-electron chi connectivity index (χ0n) is 30.7. The molecule has 7 rings (SSSR count). The van der Waals surface area contributed by atoms with Gasteiger partial charge in [0.15, 0.2) is 0 Å². The van der Waals surface area contributed by atoms with Gasteiger partial charge in [-0.05, 0) is 29.3 Å². The Morgan fingerprint density at radius 2 is 0.902 bits per heavy atom. The van der Waals surface area contributed by atoms with E-state index in [4.69, 9.17) is 0 Å². The number of carbonyl (C=O) groups excluding carboxylic acids is 2. The molecule has 0 unspecified atom stereocenters. The van der Waals surface area contributed by atoms with Crippen LogP contribution in [0.4, 0.5) is 0 Å². The molecule has 0 saturated carbocycles. The average Bonchev–Trinajstić information content (AvgIpc) is 3.08. The molecule has 0 aliphatic carbocycles. The molecule has 272 valence electrons. The van der Waals surface area contributed by atoms with Gasteiger partial charge in [0.1, 0.15) is 0 Å². The van der Waals surface area contributed by atoms with E-state index < -0.39 is 0 Å². The number of hydrogen-bond acceptors (Lipinski definition) is 6. The van der Waals surface area contributed by atoms with Crippen molar-refractivity contribution in [3.63, 3.8) is 0 Å². The quantitative estimate of drug-likeness (QED) is 0.240. The van der Waals surface area contributed by atoms with Crippen molar-refractivity contribution in [2.45, 2.75) is 44.1 Å². The van der Waals surface area contributed by atoms with E-state index in [0.29, 0.717) is 24.2 Å². The fourth-order valence-corrected chi connectivity index (χ4v) is 6.68. The molecule has 0 bridgehead atoms. The SMILES string of the molecule is CC(=O)N(C)C1CN(C(c2ccccc2)c2ccccc2)C1.CC(=O)N(C)C1CNC1.CNC1CN(C(c2ccccc2)c2ccccc2)C1.Cl. The summed E-state index contributed by atoms with van der Waals surface area (Å²) in [4.78, 5) is 30.8. The van der Waals surface area contributed by atoms with Gasteiger partial charge in [-0.1, -0.05) is 121 Å². The van der Waals surface area contributed by atoms with Crippen molar-refractivity contribution >= 4 is 24.2 Å². The van der Waals surface area contributed by atoms with Crippen LogP contribution in [0.2, 0.25) is 0 Å². The van der Waals surface area contributed by atoms with Crippen LogP contribution in [-0.2, 0) is 9.59 Å². The molecule has 9 heteroatoms. The van der Waals surface area contributed by atoms with Gasteiger partial charge in [0.05, 0.1) is 24.2 Å². The Bertz CT molecular complexity index is 1520. The standard InChI is InChI=1S/C19H22N2O.C17H20N2.C6H12N2O.ClH/c1-15(22)20(2)18-13-21(14-18)19(16-9-5-3-6-10-16)17-11-7-4-8-12-17;1-18-16-12-19(13-16)17(14-8-4-2-5-9-14)15-10-6-3-7-11-15;1-5(9)8(2)6-3-7-4-6;/h3-12,18-19H,13-14H2,1-2H3;2-11,16-18H,12-13H2,1H3;6-7H,3-4H2,1-2H3;1H. The van der Waals surface area contributed by atoms with Crippen LogP contribution in [0.15, 0.2) is 121 Å². The van der Waals surface area contributed by atoms with Crippen LogP contribution in [0.1, 0.15) is 48.2 Å². The minimum atomic E-state index is 0. The predicted molar refractivity (Wildman–Crippen MR) is 210 cm³/mol. The van der Waals surface area contributed by atoms with E-state index in [2.05, 4.69) is 130 Å². The molecular formula is C42H55ClN6O2. The molecule has 3 saturated heterocycles. The summed E-state index contributed by atoms with van der Waals surface area (Å²) in [5.74, 6) is 0.294. The van der Waals surface area contributed by atoms with Crippen LogP contribution in [-0.4, -0.2) is 110 Å². The first kappa shape index (κ1) is 39.7. The lowest BCUT2D eigenvalue weighted by atomic mass is 9.93. The lowest BCUT2D eigenvalue weighted by Gasteiger charge is -2.48. The Morgan fingerprint density at radius 3 is 1.16 bits per heavy atom. The molecule has 8 nitrogen and oxygen atoms in total. The van der Waals surface area contributed by atoms with E-state index in [-0.39, 0.29) is 30.3 Å². The maximum atomic E-state index is 11.5. The first-order valence-corrected chi connectivity index (χ1v) is 17.8. The number of likely N-dealkylation sites (tertiary alicyclic amines) is 2. The van der Waals surface area contributed by atoms with Crippen molar-refractivity contribution in [3.05, 3.63) is 144 Å². The van der Waals surface area contributed by atoms with Crippen molar-refractivity contribution in [3.8, 4) is 0 Å². The molecule has 2 amide bonds. The summed E-state index contributed by atoms with van der Waals surface area (Å²) in [5.41, 5.74) is 5.36. The Morgan fingerprint density at radius 1 is 0.588 bits per heavy atom. The van der Waals surface area contributed by atoms with Crippen molar-refractivity contribution in [1.29, 1.82) is 0 Å². The summed E-state index contributed by atoms with van der Waals surface area (Å²) in [5, 5.41) is 6.45. The monoisotopic (exact) mass is 710 g/mol. The van der Waals surface area contributed by atoms with Gasteiger partial charge in [-0.2, -0.15) is 0 Å². The highest BCUT2D eigenvalue weighted by Crippen LogP contribution is 2.34. The van der Waals surface area contributed by atoms with Crippen LogP contribution in [0.5, 0.6) is 0 Å². The molecule has 3 fully saturated rings. The molecular weight excluding hydrogens is 656 g/mol. The highest BCUT2D eigenvalue weighted by Gasteiger charge is 2.37. The third-order valence-corrected chi connectivity index (χ3v) is 10.2. The van der Waals surface area contributed by atoms with Gasteiger partial charge in [-0.25, -0.2) is 0 Å². The van der Waals surface area contributed by atoms with Crippen LogP contribution < -0.4 is 10.6 Å². The zero-order chi connectivity index (χ0) is 35.5. The van der Waals surface area contributed by atoms with E-state index >= 15 is 0 Å². The summed E-state index contributed by atoms with van der Waals surface area (Å²) in [6, 6.07) is 44.8. The normalized spacial score (nSPS) is 16.2. The summed E-state index contributed by atoms with van der Waals surface area (Å²) >= 11 is 0. The Balaban J connectivity index is 0.000000183. The second-order valence-electron chi connectivity index (χ2n) is 13.6. The van der Waals surface area contributed by atoms with Crippen LogP contribution in [0, 0.1) is 0 Å². The third-order valence-electron chi connectivity index (χ3n) is 10.2. The van der Waals surface area contributed by atoms with Crippen molar-refractivity contribution in [2.75, 3.05) is 60.4 Å². The van der Waals surface area contributed by atoms with Gasteiger partial charge in [-0.15, -0.1) is 12.4 Å². The van der Waals surface area contributed by atoms with Gasteiger partial charge in [0.2, 0.25) is 11.8 Å². The van der Waals surface area contributed by atoms with Gasteiger partial charge in [0, 0.05) is 73.3 Å². The van der Waals surface area contributed by atoms with E-state index in [0.717, 1.165) is 39.3 Å². The molecule has 4 aromatic carbocycles. The Labute approximate surface area is 311 Å². The number of benzene rings is 4. The van der Waals surface area contributed by atoms with Gasteiger partial charge < -0.3 is 20.4 Å². The second kappa shape index (κ2) is 19.5. The summed E-state index contributed by atoms with van der Waals surface area (Å²) in [7, 11) is 5.78. The molecule has 0 spiro atoms. The highest BCUT2D eigenvalue weighted by atomic mass is 35.5. The molecule has 3 heterocycles. The molecule has 2 N–H and O–H groups in total. The smallest absolute Gasteiger partial charge is 0.219 e. The van der Waals surface area contributed by atoms with E-state index in [1.807, 2.05) is 38.2 Å². The lowest BCUT2D eigenvalue weighted by Crippen LogP contribution is -2.60. The number of nitrogens with one attached hydrogen (secondary N) is 2. The fourth-order valence-electron chi connectivity index (χ4n) is 6.68. The van der Waals surface area contributed by atoms with Crippen molar-refractivity contribution in [2.24, 2.45) is 0 Å². The number of amides is 2. The lowest BCUT2D eigenvalue weighted by molar-refractivity contribution is -0.133. The number of halogens is 1. The van der Waals surface area contributed by atoms with E-state index in [9.17, 15) is 9.59 Å². The fraction of sp³-hybridized carbons (Fsp3) is 0.381. The van der Waals surface area contributed by atoms with Gasteiger partial charge in [-0.3, -0.25) is 19.4 Å². The number of likely N-dealkylation sites (N-methyl/N-ethyl adjacent to an activating group) is 3. The maximum absolute atomic E-state index is 11.5. The summed E-state index contributed by atoms with van der Waals surface area (Å²) in [6.07, 6.45) is 0. The van der Waals surface area contributed by atoms with Crippen LogP contribution >= 0.6 is 12.4 Å². The summed E-state index contributed by atoms with van der Waals surface area (Å²) in [6.45, 7) is 9.21. The number of rotatable bonds is 9. The zero-order valence-corrected chi connectivity index (χ0v) is 31.5. The van der Waals surface area contributed by atoms with Gasteiger partial charge >= 0.3 is 0 Å². The minimum absolute atomic E-state index is 0. The molecule has 4 aromatic rings. The van der Waals surface area contributed by atoms with Crippen molar-refractivity contribution < 1.29 is 9.59 Å². The van der Waals surface area contributed by atoms with E-state index in [1.165, 1.54) is 22.3 Å². The largest absolute Gasteiger partial charge is 0.340 e. The Kier molecular flexibility index (Phi) is 15.2. The molecule has 51 heavy (non-hydrogen) atoms. The average molecular weight is 711 g/mol. The van der Waals surface area contributed by atoms with Crippen molar-refractivity contribution in [1.82, 2.24) is 30.2 Å². The number of hydrogen-bond donors (Lipinski definition) is 2. The Hall–Kier alpha value is -4.05. The maximum Gasteiger partial charge on any atom is 0.219 e. The molecule has 0 aromatic heterocycles. The van der Waals surface area contributed by atoms with Gasteiger partial charge in [0.25, 0.3) is 0 Å². The first-order valence-electron chi connectivity index (χ1n) is 17.8. The third kappa shape index (κ3) is 10.5. The molecule has 0 radical (unpaired) electrons. The number of carbonyl (C=O) groups is 2. The molecule has 3 aliphatic rings. The molecule has 0 atom stereocenters. The first-order chi connectivity index (χ1) is 24.3. The van der Waals surface area contributed by atoms with E-state index in [1.54, 1.807) is 18.7 Å². The second-order valence-corrected chi connectivity index (χ2v) is 13.6. The predicted octanol–water partition coefficient (Wildman–Crippen LogP) is 5.48. The topological polar surface area (TPSA) is 71.2 Å².